The Morgan fingerprint density at radius 1 is 0.971 bits per heavy atom. The number of anilines is 1. The molecule has 0 spiro atoms. The zero-order chi connectivity index (χ0) is 24.6. The summed E-state index contributed by atoms with van der Waals surface area (Å²) >= 11 is 0. The molecule has 0 aromatic heterocycles. The number of nitrogens with zero attached hydrogens (tertiary/aromatic N) is 2. The number of rotatable bonds is 10. The zero-order valence-corrected chi connectivity index (χ0v) is 21.7. The van der Waals surface area contributed by atoms with E-state index in [0.29, 0.717) is 5.92 Å². The van der Waals surface area contributed by atoms with E-state index in [1.54, 1.807) is 7.11 Å². The van der Waals surface area contributed by atoms with Crippen molar-refractivity contribution in [3.8, 4) is 5.75 Å². The van der Waals surface area contributed by atoms with Crippen LogP contribution in [-0.4, -0.2) is 50.7 Å². The van der Waals surface area contributed by atoms with E-state index in [4.69, 9.17) is 9.47 Å². The zero-order valence-electron chi connectivity index (χ0n) is 21.7. The van der Waals surface area contributed by atoms with Gasteiger partial charge in [-0.3, -0.25) is 9.69 Å². The van der Waals surface area contributed by atoms with E-state index in [1.165, 1.54) is 16.8 Å². The molecule has 190 valence electrons. The van der Waals surface area contributed by atoms with Crippen LogP contribution < -0.4 is 9.64 Å². The number of hydrogen-bond acceptors (Lipinski definition) is 5. The molecule has 0 N–H and O–H groups in total. The molecule has 0 unspecified atom stereocenters. The lowest BCUT2D eigenvalue weighted by atomic mass is 9.80. The van der Waals surface area contributed by atoms with E-state index in [-0.39, 0.29) is 18.0 Å². The minimum absolute atomic E-state index is 0.00129. The summed E-state index contributed by atoms with van der Waals surface area (Å²) in [6.07, 6.45) is 5.84. The summed E-state index contributed by atoms with van der Waals surface area (Å²) in [6, 6.07) is 16.8. The maximum absolute atomic E-state index is 13.2. The molecular weight excluding hydrogens is 436 g/mol. The molecule has 0 radical (unpaired) electrons. The molecule has 0 amide bonds. The highest BCUT2D eigenvalue weighted by Crippen LogP contribution is 2.39. The van der Waals surface area contributed by atoms with Crippen LogP contribution in [0.25, 0.3) is 0 Å². The van der Waals surface area contributed by atoms with Gasteiger partial charge in [-0.2, -0.15) is 0 Å². The Balaban J connectivity index is 1.44. The number of carbonyl (C=O) groups is 1. The Morgan fingerprint density at radius 3 is 2.37 bits per heavy atom. The highest BCUT2D eigenvalue weighted by molar-refractivity contribution is 5.72. The van der Waals surface area contributed by atoms with E-state index >= 15 is 0 Å². The molecule has 2 aromatic rings. The smallest absolute Gasteiger partial charge is 0.309 e. The standard InChI is InChI=1S/C30H42N2O3/c1-4-10-24(11-5-2)30(33)35-29-25(17-16-23-12-6-7-13-26(23)29)22-31-18-20-32(21-19-31)27-14-8-9-15-28(27)34-3/h6-9,12-15,24-25,29H,4-5,10-11,16-22H2,1-3H3/t25-,29-/m0/s1. The molecule has 0 saturated carbocycles. The van der Waals surface area contributed by atoms with Crippen molar-refractivity contribution in [1.29, 1.82) is 0 Å². The third-order valence-corrected chi connectivity index (χ3v) is 7.72. The Hall–Kier alpha value is -2.53. The van der Waals surface area contributed by atoms with Gasteiger partial charge < -0.3 is 14.4 Å². The first-order chi connectivity index (χ1) is 17.1. The van der Waals surface area contributed by atoms with Gasteiger partial charge >= 0.3 is 5.97 Å². The van der Waals surface area contributed by atoms with Crippen molar-refractivity contribution in [3.05, 3.63) is 59.7 Å². The predicted molar refractivity (Wildman–Crippen MR) is 142 cm³/mol. The molecule has 2 aromatic carbocycles. The van der Waals surface area contributed by atoms with Crippen LogP contribution in [0.2, 0.25) is 0 Å². The number of benzene rings is 2. The summed E-state index contributed by atoms with van der Waals surface area (Å²) in [5.74, 6) is 1.28. The first-order valence-corrected chi connectivity index (χ1v) is 13.5. The summed E-state index contributed by atoms with van der Waals surface area (Å²) in [7, 11) is 1.74. The first kappa shape index (κ1) is 25.6. The number of aryl methyl sites for hydroxylation is 1. The largest absolute Gasteiger partial charge is 0.495 e. The summed E-state index contributed by atoms with van der Waals surface area (Å²) in [4.78, 5) is 18.2. The minimum Gasteiger partial charge on any atom is -0.495 e. The fourth-order valence-corrected chi connectivity index (χ4v) is 5.82. The van der Waals surface area contributed by atoms with E-state index in [9.17, 15) is 4.79 Å². The number of fused-ring (bicyclic) bond motifs is 1. The summed E-state index contributed by atoms with van der Waals surface area (Å²) in [5.41, 5.74) is 3.73. The SMILES string of the molecule is CCCC(CCC)C(=O)O[C@@H]1c2ccccc2CC[C@H]1CN1CCN(c2ccccc2OC)CC1. The molecule has 1 fully saturated rings. The molecule has 1 saturated heterocycles. The molecule has 5 nitrogen and oxygen atoms in total. The lowest BCUT2D eigenvalue weighted by Gasteiger charge is -2.41. The molecule has 1 aliphatic heterocycles. The maximum Gasteiger partial charge on any atom is 0.309 e. The number of para-hydroxylation sites is 2. The normalized spacial score (nSPS) is 20.5. The average Bonchev–Trinajstić information content (AvgIpc) is 2.90. The van der Waals surface area contributed by atoms with E-state index in [0.717, 1.165) is 77.0 Å². The van der Waals surface area contributed by atoms with Gasteiger partial charge in [-0.1, -0.05) is 63.1 Å². The quantitative estimate of drug-likeness (QED) is 0.399. The van der Waals surface area contributed by atoms with Crippen LogP contribution in [0.5, 0.6) is 5.75 Å². The highest BCUT2D eigenvalue weighted by Gasteiger charge is 2.35. The third kappa shape index (κ3) is 6.19. The van der Waals surface area contributed by atoms with Crippen molar-refractivity contribution < 1.29 is 14.3 Å². The number of methoxy groups -OCH3 is 1. The molecule has 1 heterocycles. The number of ether oxygens (including phenoxy) is 2. The fourth-order valence-electron chi connectivity index (χ4n) is 5.82. The molecule has 2 atom stereocenters. The van der Waals surface area contributed by atoms with Gasteiger partial charge in [-0.15, -0.1) is 0 Å². The lowest BCUT2D eigenvalue weighted by Crippen LogP contribution is -2.49. The van der Waals surface area contributed by atoms with Gasteiger partial charge in [0.05, 0.1) is 18.7 Å². The predicted octanol–water partition coefficient (Wildman–Crippen LogP) is 5.88. The third-order valence-electron chi connectivity index (χ3n) is 7.72. The monoisotopic (exact) mass is 478 g/mol. The van der Waals surface area contributed by atoms with Crippen molar-refractivity contribution in [2.75, 3.05) is 44.7 Å². The number of carbonyl (C=O) groups excluding carboxylic acids is 1. The van der Waals surface area contributed by atoms with Crippen molar-refractivity contribution in [2.45, 2.75) is 58.5 Å². The molecule has 35 heavy (non-hydrogen) atoms. The summed E-state index contributed by atoms with van der Waals surface area (Å²) < 4.78 is 11.9. The lowest BCUT2D eigenvalue weighted by molar-refractivity contribution is -0.159. The van der Waals surface area contributed by atoms with Crippen molar-refractivity contribution in [2.24, 2.45) is 11.8 Å². The second-order valence-electron chi connectivity index (χ2n) is 10.1. The Bertz CT molecular complexity index is 948. The van der Waals surface area contributed by atoms with Crippen LogP contribution in [0.4, 0.5) is 5.69 Å². The maximum atomic E-state index is 13.2. The molecular formula is C30H42N2O3. The van der Waals surface area contributed by atoms with Crippen LogP contribution in [0.15, 0.2) is 48.5 Å². The van der Waals surface area contributed by atoms with Crippen LogP contribution in [-0.2, 0) is 16.0 Å². The molecule has 1 aliphatic carbocycles. The second-order valence-corrected chi connectivity index (χ2v) is 10.1. The molecule has 0 bridgehead atoms. The molecule has 2 aliphatic rings. The van der Waals surface area contributed by atoms with E-state index < -0.39 is 0 Å². The van der Waals surface area contributed by atoms with Crippen molar-refractivity contribution in [3.63, 3.8) is 0 Å². The van der Waals surface area contributed by atoms with Gasteiger partial charge in [0.15, 0.2) is 0 Å². The summed E-state index contributed by atoms with van der Waals surface area (Å²) in [5, 5.41) is 0. The van der Waals surface area contributed by atoms with Gasteiger partial charge in [0.25, 0.3) is 0 Å². The average molecular weight is 479 g/mol. The van der Waals surface area contributed by atoms with Gasteiger partial charge in [0.2, 0.25) is 0 Å². The molecule has 4 rings (SSSR count). The van der Waals surface area contributed by atoms with Crippen LogP contribution in [0, 0.1) is 11.8 Å². The Kier molecular flexibility index (Phi) is 9.08. The number of piperazine rings is 1. The molecule has 5 heteroatoms. The first-order valence-electron chi connectivity index (χ1n) is 13.5. The van der Waals surface area contributed by atoms with Crippen molar-refractivity contribution in [1.82, 2.24) is 4.90 Å². The van der Waals surface area contributed by atoms with Crippen LogP contribution in [0.1, 0.15) is 63.2 Å². The summed E-state index contributed by atoms with van der Waals surface area (Å²) in [6.45, 7) is 9.24. The van der Waals surface area contributed by atoms with Crippen LogP contribution >= 0.6 is 0 Å². The number of hydrogen-bond donors (Lipinski definition) is 0. The van der Waals surface area contributed by atoms with E-state index in [1.807, 2.05) is 12.1 Å². The highest BCUT2D eigenvalue weighted by atomic mass is 16.5. The van der Waals surface area contributed by atoms with Crippen LogP contribution in [0.3, 0.4) is 0 Å². The van der Waals surface area contributed by atoms with Gasteiger partial charge in [-0.25, -0.2) is 0 Å². The number of esters is 1. The second kappa shape index (κ2) is 12.4. The topological polar surface area (TPSA) is 42.0 Å². The van der Waals surface area contributed by atoms with Crippen molar-refractivity contribution >= 4 is 11.7 Å². The Labute approximate surface area is 211 Å². The Morgan fingerprint density at radius 2 is 1.66 bits per heavy atom. The van der Waals surface area contributed by atoms with E-state index in [2.05, 4.69) is 60.0 Å². The minimum atomic E-state index is -0.143. The fraction of sp³-hybridized carbons (Fsp3) is 0.567. The van der Waals surface area contributed by atoms with Gasteiger partial charge in [0.1, 0.15) is 11.9 Å². The van der Waals surface area contributed by atoms with Gasteiger partial charge in [-0.05, 0) is 48.9 Å². The van der Waals surface area contributed by atoms with Gasteiger partial charge in [0, 0.05) is 38.6 Å².